The number of aliphatic hydroxyl groups is 1. The lowest BCUT2D eigenvalue weighted by molar-refractivity contribution is -0.193. The molecule has 284 valence electrons. The summed E-state index contributed by atoms with van der Waals surface area (Å²) in [6.45, 7) is 4.45. The summed E-state index contributed by atoms with van der Waals surface area (Å²) in [5.41, 5.74) is 8.29. The van der Waals surface area contributed by atoms with Crippen molar-refractivity contribution in [1.29, 1.82) is 0 Å². The van der Waals surface area contributed by atoms with Crippen LogP contribution in [0.1, 0.15) is 43.4 Å². The zero-order valence-electron chi connectivity index (χ0n) is 26.8. The van der Waals surface area contributed by atoms with Crippen LogP contribution in [-0.2, 0) is 43.6 Å². The number of aliphatic hydroxyl groups excluding tert-OH is 1. The molecule has 0 radical (unpaired) electrons. The molecule has 0 spiro atoms. The van der Waals surface area contributed by atoms with Crippen LogP contribution in [0.15, 0.2) is 42.5 Å². The van der Waals surface area contributed by atoms with E-state index in [-0.39, 0.29) is 24.3 Å². The largest absolute Gasteiger partial charge is 0.490 e. The normalized spacial score (nSPS) is 13.4. The molecule has 2 rings (SSSR count). The predicted molar refractivity (Wildman–Crippen MR) is 164 cm³/mol. The van der Waals surface area contributed by atoms with Crippen molar-refractivity contribution >= 4 is 27.7 Å². The van der Waals surface area contributed by atoms with Crippen LogP contribution in [0.25, 0.3) is 0 Å². The summed E-state index contributed by atoms with van der Waals surface area (Å²) in [5, 5.41) is 30.8. The molecule has 2 aromatic carbocycles. The van der Waals surface area contributed by atoms with E-state index in [4.69, 9.17) is 25.5 Å². The smallest absolute Gasteiger partial charge is 0.475 e. The van der Waals surface area contributed by atoms with Gasteiger partial charge in [-0.2, -0.15) is 26.3 Å². The van der Waals surface area contributed by atoms with Crippen LogP contribution in [0.3, 0.4) is 0 Å². The Kier molecular flexibility index (Phi) is 19.7. The Morgan fingerprint density at radius 1 is 0.860 bits per heavy atom. The molecule has 3 atom stereocenters. The second-order valence-corrected chi connectivity index (χ2v) is 12.9. The average molecular weight is 754 g/mol. The molecule has 0 fully saturated rings. The molecule has 11 nitrogen and oxygen atoms in total. The van der Waals surface area contributed by atoms with E-state index < -0.39 is 75.6 Å². The number of rotatable bonds is 15. The first kappa shape index (κ1) is 46.1. The van der Waals surface area contributed by atoms with Crippen molar-refractivity contribution < 1.29 is 73.2 Å². The maximum atomic E-state index is 13.7. The van der Waals surface area contributed by atoms with E-state index in [1.165, 1.54) is 5.56 Å². The van der Waals surface area contributed by atoms with Crippen molar-refractivity contribution in [3.8, 4) is 0 Å². The van der Waals surface area contributed by atoms with E-state index in [0.29, 0.717) is 19.4 Å². The van der Waals surface area contributed by atoms with Crippen molar-refractivity contribution in [2.45, 2.75) is 76.6 Å². The molecule has 20 heteroatoms. The van der Waals surface area contributed by atoms with Crippen molar-refractivity contribution in [1.82, 2.24) is 10.6 Å². The van der Waals surface area contributed by atoms with Gasteiger partial charge in [-0.25, -0.2) is 26.8 Å². The number of aliphatic carboxylic acids is 2. The number of aryl methyl sites for hydroxylation is 1. The summed E-state index contributed by atoms with van der Waals surface area (Å²) >= 11 is 0. The number of hydrogen-bond acceptors (Lipinski definition) is 8. The molecule has 0 heterocycles. The lowest BCUT2D eigenvalue weighted by Crippen LogP contribution is -2.54. The van der Waals surface area contributed by atoms with E-state index in [1.807, 2.05) is 31.2 Å². The van der Waals surface area contributed by atoms with Crippen molar-refractivity contribution in [2.75, 3.05) is 18.1 Å². The molecular formula is C30H39F8N3O8S. The highest BCUT2D eigenvalue weighted by Crippen LogP contribution is 2.15. The quantitative estimate of drug-likeness (QED) is 0.147. The summed E-state index contributed by atoms with van der Waals surface area (Å²) in [6.07, 6.45) is -9.34. The number of alkyl halides is 6. The third-order valence-corrected chi connectivity index (χ3v) is 8.09. The first-order valence-corrected chi connectivity index (χ1v) is 16.5. The molecule has 0 aliphatic carbocycles. The fraction of sp³-hybridized carbons (Fsp3) is 0.500. The number of carboxylic acids is 2. The number of sulfone groups is 1. The molecule has 50 heavy (non-hydrogen) atoms. The Balaban J connectivity index is 0.00000143. The third-order valence-electron chi connectivity index (χ3n) is 6.32. The molecule has 2 aromatic rings. The number of nitrogens with two attached hydrogens (primary N) is 1. The minimum Gasteiger partial charge on any atom is -0.475 e. The highest BCUT2D eigenvalue weighted by Gasteiger charge is 2.39. The van der Waals surface area contributed by atoms with Gasteiger partial charge in [-0.1, -0.05) is 44.5 Å². The van der Waals surface area contributed by atoms with Crippen LogP contribution in [0.4, 0.5) is 35.1 Å². The van der Waals surface area contributed by atoms with Crippen molar-refractivity contribution in [3.05, 3.63) is 70.8 Å². The Labute approximate surface area is 282 Å². The zero-order chi connectivity index (χ0) is 38.9. The van der Waals surface area contributed by atoms with Gasteiger partial charge in [0.1, 0.15) is 11.6 Å². The van der Waals surface area contributed by atoms with Crippen LogP contribution >= 0.6 is 0 Å². The molecule has 0 saturated carbocycles. The summed E-state index contributed by atoms with van der Waals surface area (Å²) in [4.78, 5) is 30.5. The Morgan fingerprint density at radius 2 is 1.36 bits per heavy atom. The average Bonchev–Trinajstić information content (AvgIpc) is 2.98. The Bertz CT molecular complexity index is 1450. The first-order valence-electron chi connectivity index (χ1n) is 14.7. The fourth-order valence-electron chi connectivity index (χ4n) is 3.82. The number of halogens is 8. The second-order valence-electron chi connectivity index (χ2n) is 10.6. The topological polar surface area (TPSA) is 196 Å². The standard InChI is InChI=1S/C26H37F2N3O4S.2C2HF3O2/c1-3-5-9-36(34,35)17-23(29)26(33)31-24(13-20-11-21(27)14-22(28)12-20)25(32)16-30-15-19-8-6-7-18(4-2)10-19;2*3-2(4,5)1(6)7/h6-8,10-12,14,23-25,30,32H,3-5,9,13,15-17,29H2,1-2H3,(H,31,33);2*(H,6,7)/t23-,24+,25-;;/m1../s1. The van der Waals surface area contributed by atoms with Crippen LogP contribution < -0.4 is 16.4 Å². The van der Waals surface area contributed by atoms with Crippen molar-refractivity contribution in [3.63, 3.8) is 0 Å². The minimum absolute atomic E-state index is 0.0672. The van der Waals surface area contributed by atoms with Gasteiger partial charge in [0.05, 0.1) is 29.7 Å². The molecular weight excluding hydrogens is 714 g/mol. The van der Waals surface area contributed by atoms with Gasteiger partial charge in [-0.15, -0.1) is 0 Å². The second kappa shape index (κ2) is 21.4. The van der Waals surface area contributed by atoms with E-state index >= 15 is 0 Å². The summed E-state index contributed by atoms with van der Waals surface area (Å²) < 4.78 is 115. The van der Waals surface area contributed by atoms with Crippen LogP contribution in [0.2, 0.25) is 0 Å². The van der Waals surface area contributed by atoms with Gasteiger partial charge >= 0.3 is 24.3 Å². The van der Waals surface area contributed by atoms with Crippen LogP contribution in [0, 0.1) is 11.6 Å². The molecule has 0 aliphatic rings. The highest BCUT2D eigenvalue weighted by molar-refractivity contribution is 7.91. The van der Waals surface area contributed by atoms with Gasteiger partial charge < -0.3 is 31.7 Å². The Hall–Kier alpha value is -3.88. The molecule has 0 unspecified atom stereocenters. The SMILES string of the molecule is CCCCS(=O)(=O)C[C@@H](N)C(=O)N[C@@H](Cc1cc(F)cc(F)c1)[C@H](O)CNCc1cccc(CC)c1.O=C(O)C(F)(F)F.O=C(O)C(F)(F)F. The third kappa shape index (κ3) is 20.0. The van der Waals surface area contributed by atoms with Gasteiger partial charge in [0.25, 0.3) is 0 Å². The van der Waals surface area contributed by atoms with E-state index in [1.54, 1.807) is 0 Å². The fourth-order valence-corrected chi connectivity index (χ4v) is 5.41. The molecule has 0 aliphatic heterocycles. The molecule has 0 aromatic heterocycles. The van der Waals surface area contributed by atoms with E-state index in [9.17, 15) is 53.4 Å². The summed E-state index contributed by atoms with van der Waals surface area (Å²) in [5.74, 6) is -8.43. The zero-order valence-corrected chi connectivity index (χ0v) is 27.6. The monoisotopic (exact) mass is 753 g/mol. The minimum atomic E-state index is -5.08. The van der Waals surface area contributed by atoms with Crippen molar-refractivity contribution in [2.24, 2.45) is 5.73 Å². The molecule has 0 saturated heterocycles. The first-order chi connectivity index (χ1) is 22.9. The molecule has 0 bridgehead atoms. The number of unbranched alkanes of at least 4 members (excludes halogenated alkanes) is 1. The number of amides is 1. The van der Waals surface area contributed by atoms with Gasteiger partial charge in [0, 0.05) is 19.2 Å². The number of carboxylic acid groups (broad SMARTS) is 2. The number of hydrogen-bond donors (Lipinski definition) is 6. The van der Waals surface area contributed by atoms with Gasteiger partial charge in [-0.05, 0) is 48.1 Å². The molecule has 1 amide bonds. The molecule has 7 N–H and O–H groups in total. The maximum Gasteiger partial charge on any atom is 0.490 e. The number of carbonyl (C=O) groups is 3. The maximum absolute atomic E-state index is 13.7. The summed E-state index contributed by atoms with van der Waals surface area (Å²) in [7, 11) is -3.52. The highest BCUT2D eigenvalue weighted by atomic mass is 32.2. The Morgan fingerprint density at radius 3 is 1.82 bits per heavy atom. The summed E-state index contributed by atoms with van der Waals surface area (Å²) in [6, 6.07) is 8.64. The van der Waals surface area contributed by atoms with Gasteiger partial charge in [-0.3, -0.25) is 4.79 Å². The van der Waals surface area contributed by atoms with E-state index in [2.05, 4.69) is 17.6 Å². The number of benzene rings is 2. The predicted octanol–water partition coefficient (Wildman–Crippen LogP) is 3.51. The number of carbonyl (C=O) groups excluding carboxylic acids is 1. The van der Waals surface area contributed by atoms with Gasteiger partial charge in [0.2, 0.25) is 5.91 Å². The van der Waals surface area contributed by atoms with Crippen LogP contribution in [-0.4, -0.2) is 90.2 Å². The lowest BCUT2D eigenvalue weighted by atomic mass is 10.00. The number of nitrogens with one attached hydrogen (secondary N) is 2. The van der Waals surface area contributed by atoms with Crippen LogP contribution in [0.5, 0.6) is 0 Å². The van der Waals surface area contributed by atoms with Gasteiger partial charge in [0.15, 0.2) is 9.84 Å². The van der Waals surface area contributed by atoms with E-state index in [0.717, 1.165) is 30.2 Å². The lowest BCUT2D eigenvalue weighted by Gasteiger charge is -2.26.